The van der Waals surface area contributed by atoms with Crippen molar-refractivity contribution >= 4 is 33.5 Å². The Hall–Kier alpha value is -1.00. The predicted molar refractivity (Wildman–Crippen MR) is 77.5 cm³/mol. The molecule has 0 spiro atoms. The van der Waals surface area contributed by atoms with E-state index in [1.807, 2.05) is 37.1 Å². The van der Waals surface area contributed by atoms with E-state index in [0.29, 0.717) is 0 Å². The molecule has 2 rings (SSSR count). The number of nitrogens with one attached hydrogen (secondary N) is 1. The van der Waals surface area contributed by atoms with Crippen LogP contribution in [0.1, 0.15) is 5.56 Å². The number of aromatic nitrogens is 1. The molecule has 1 N–H and O–H groups in total. The lowest BCUT2D eigenvalue weighted by molar-refractivity contribution is 1.24. The van der Waals surface area contributed by atoms with Crippen molar-refractivity contribution in [3.8, 4) is 0 Å². The number of benzene rings is 1. The molecule has 0 aliphatic heterocycles. The molecular formula is C13H13BrN2S. The summed E-state index contributed by atoms with van der Waals surface area (Å²) < 4.78 is 1.15. The fourth-order valence-corrected chi connectivity index (χ4v) is 2.93. The first-order valence-corrected chi connectivity index (χ1v) is 7.07. The summed E-state index contributed by atoms with van der Waals surface area (Å²) in [6, 6.07) is 12.4. The third-order valence-electron chi connectivity index (χ3n) is 2.31. The molecule has 2 nitrogen and oxygen atoms in total. The van der Waals surface area contributed by atoms with E-state index in [0.717, 1.165) is 16.0 Å². The molecule has 0 saturated heterocycles. The van der Waals surface area contributed by atoms with E-state index in [4.69, 9.17) is 0 Å². The molecule has 0 amide bonds. The number of pyridine rings is 1. The third-order valence-corrected chi connectivity index (χ3v) is 4.41. The Labute approximate surface area is 114 Å². The molecule has 1 aromatic heterocycles. The zero-order valence-electron chi connectivity index (χ0n) is 9.48. The number of hydrogen-bond acceptors (Lipinski definition) is 3. The van der Waals surface area contributed by atoms with Crippen LogP contribution in [0.15, 0.2) is 52.0 Å². The molecule has 4 heteroatoms. The number of thioether (sulfide) groups is 1. The standard InChI is InChI=1S/C13H13BrN2S/c1-15-13-8-10(6-7-16-13)9-17-12-5-3-2-4-11(12)14/h2-8H,9H2,1H3,(H,15,16). The molecule has 0 aliphatic rings. The summed E-state index contributed by atoms with van der Waals surface area (Å²) in [4.78, 5) is 5.46. The monoisotopic (exact) mass is 308 g/mol. The Morgan fingerprint density at radius 3 is 2.88 bits per heavy atom. The Kier molecular flexibility index (Phi) is 4.45. The van der Waals surface area contributed by atoms with Crippen molar-refractivity contribution in [3.63, 3.8) is 0 Å². The molecule has 88 valence electrons. The number of anilines is 1. The van der Waals surface area contributed by atoms with Crippen LogP contribution in [0, 0.1) is 0 Å². The van der Waals surface area contributed by atoms with E-state index >= 15 is 0 Å². The van der Waals surface area contributed by atoms with E-state index in [1.54, 1.807) is 0 Å². The zero-order chi connectivity index (χ0) is 12.1. The van der Waals surface area contributed by atoms with Gasteiger partial charge in [-0.05, 0) is 45.8 Å². The smallest absolute Gasteiger partial charge is 0.125 e. The summed E-state index contributed by atoms with van der Waals surface area (Å²) in [5, 5.41) is 3.05. The maximum Gasteiger partial charge on any atom is 0.125 e. The fourth-order valence-electron chi connectivity index (χ4n) is 1.42. The molecule has 0 atom stereocenters. The molecule has 0 radical (unpaired) electrons. The van der Waals surface area contributed by atoms with Crippen molar-refractivity contribution < 1.29 is 0 Å². The molecule has 2 aromatic rings. The van der Waals surface area contributed by atoms with Crippen molar-refractivity contribution in [3.05, 3.63) is 52.6 Å². The van der Waals surface area contributed by atoms with Crippen LogP contribution in [0.4, 0.5) is 5.82 Å². The average Bonchev–Trinajstić information content (AvgIpc) is 2.38. The Balaban J connectivity index is 2.05. The molecule has 0 unspecified atom stereocenters. The highest BCUT2D eigenvalue weighted by molar-refractivity contribution is 9.10. The Morgan fingerprint density at radius 2 is 2.12 bits per heavy atom. The molecule has 0 bridgehead atoms. The van der Waals surface area contributed by atoms with Crippen LogP contribution < -0.4 is 5.32 Å². The highest BCUT2D eigenvalue weighted by atomic mass is 79.9. The Bertz CT molecular complexity index is 502. The van der Waals surface area contributed by atoms with Crippen LogP contribution >= 0.6 is 27.7 Å². The van der Waals surface area contributed by atoms with E-state index < -0.39 is 0 Å². The second-order valence-corrected chi connectivity index (χ2v) is 5.39. The van der Waals surface area contributed by atoms with Gasteiger partial charge < -0.3 is 5.32 Å². The van der Waals surface area contributed by atoms with Gasteiger partial charge in [0.25, 0.3) is 0 Å². The SMILES string of the molecule is CNc1cc(CSc2ccccc2Br)ccn1. The second-order valence-electron chi connectivity index (χ2n) is 3.52. The summed E-state index contributed by atoms with van der Waals surface area (Å²) >= 11 is 5.37. The maximum atomic E-state index is 4.20. The maximum absolute atomic E-state index is 4.20. The first-order valence-electron chi connectivity index (χ1n) is 5.29. The van der Waals surface area contributed by atoms with Gasteiger partial charge in [-0.2, -0.15) is 0 Å². The fraction of sp³-hybridized carbons (Fsp3) is 0.154. The number of nitrogens with zero attached hydrogens (tertiary/aromatic N) is 1. The van der Waals surface area contributed by atoms with Gasteiger partial charge in [0.1, 0.15) is 5.82 Å². The molecule has 0 fully saturated rings. The highest BCUT2D eigenvalue weighted by Crippen LogP contribution is 2.29. The third kappa shape index (κ3) is 3.48. The number of halogens is 1. The van der Waals surface area contributed by atoms with E-state index in [9.17, 15) is 0 Å². The first kappa shape index (κ1) is 12.5. The van der Waals surface area contributed by atoms with Crippen molar-refractivity contribution in [1.82, 2.24) is 4.98 Å². The first-order chi connectivity index (χ1) is 8.29. The Morgan fingerprint density at radius 1 is 1.29 bits per heavy atom. The van der Waals surface area contributed by atoms with Crippen LogP contribution in [0.25, 0.3) is 0 Å². The van der Waals surface area contributed by atoms with Gasteiger partial charge in [-0.15, -0.1) is 11.8 Å². The molecular weight excluding hydrogens is 296 g/mol. The van der Waals surface area contributed by atoms with Gasteiger partial charge in [0.05, 0.1) is 0 Å². The van der Waals surface area contributed by atoms with Gasteiger partial charge in [-0.3, -0.25) is 0 Å². The van der Waals surface area contributed by atoms with Crippen LogP contribution in [-0.2, 0) is 5.75 Å². The average molecular weight is 309 g/mol. The lowest BCUT2D eigenvalue weighted by Gasteiger charge is -2.05. The number of hydrogen-bond donors (Lipinski definition) is 1. The molecule has 0 saturated carbocycles. The zero-order valence-corrected chi connectivity index (χ0v) is 11.9. The van der Waals surface area contributed by atoms with Crippen molar-refractivity contribution in [2.75, 3.05) is 12.4 Å². The van der Waals surface area contributed by atoms with E-state index in [2.05, 4.69) is 50.5 Å². The number of rotatable bonds is 4. The lowest BCUT2D eigenvalue weighted by Crippen LogP contribution is -1.92. The normalized spacial score (nSPS) is 10.2. The molecule has 1 heterocycles. The van der Waals surface area contributed by atoms with Gasteiger partial charge in [0.15, 0.2) is 0 Å². The largest absolute Gasteiger partial charge is 0.373 e. The highest BCUT2D eigenvalue weighted by Gasteiger charge is 2.01. The van der Waals surface area contributed by atoms with Gasteiger partial charge in [0.2, 0.25) is 0 Å². The van der Waals surface area contributed by atoms with Crippen molar-refractivity contribution in [2.24, 2.45) is 0 Å². The summed E-state index contributed by atoms with van der Waals surface area (Å²) in [6.45, 7) is 0. The van der Waals surface area contributed by atoms with Gasteiger partial charge in [-0.1, -0.05) is 12.1 Å². The van der Waals surface area contributed by atoms with Crippen LogP contribution in [0.2, 0.25) is 0 Å². The van der Waals surface area contributed by atoms with Crippen LogP contribution in [0.5, 0.6) is 0 Å². The van der Waals surface area contributed by atoms with Gasteiger partial charge in [0, 0.05) is 28.4 Å². The van der Waals surface area contributed by atoms with Gasteiger partial charge in [-0.25, -0.2) is 4.98 Å². The molecule has 0 aliphatic carbocycles. The lowest BCUT2D eigenvalue weighted by atomic mass is 10.3. The molecule has 1 aromatic carbocycles. The topological polar surface area (TPSA) is 24.9 Å². The second kappa shape index (κ2) is 6.07. The van der Waals surface area contributed by atoms with Crippen LogP contribution in [-0.4, -0.2) is 12.0 Å². The van der Waals surface area contributed by atoms with E-state index in [1.165, 1.54) is 10.5 Å². The summed E-state index contributed by atoms with van der Waals surface area (Å²) in [5.74, 6) is 1.86. The quantitative estimate of drug-likeness (QED) is 0.858. The van der Waals surface area contributed by atoms with E-state index in [-0.39, 0.29) is 0 Å². The predicted octanol–water partition coefficient (Wildman–Crippen LogP) is 4.18. The molecule has 17 heavy (non-hydrogen) atoms. The van der Waals surface area contributed by atoms with Crippen molar-refractivity contribution in [1.29, 1.82) is 0 Å². The summed E-state index contributed by atoms with van der Waals surface area (Å²) in [7, 11) is 1.88. The minimum absolute atomic E-state index is 0.912. The van der Waals surface area contributed by atoms with Crippen LogP contribution in [0.3, 0.4) is 0 Å². The summed E-state index contributed by atoms with van der Waals surface area (Å²) in [5.41, 5.74) is 1.27. The minimum Gasteiger partial charge on any atom is -0.373 e. The van der Waals surface area contributed by atoms with Gasteiger partial charge >= 0.3 is 0 Å². The summed E-state index contributed by atoms with van der Waals surface area (Å²) in [6.07, 6.45) is 1.84. The van der Waals surface area contributed by atoms with Crippen molar-refractivity contribution in [2.45, 2.75) is 10.6 Å². The minimum atomic E-state index is 0.912.